The highest BCUT2D eigenvalue weighted by Gasteiger charge is 2.32. The third-order valence-electron chi connectivity index (χ3n) is 5.31. The number of benzene rings is 1. The van der Waals surface area contributed by atoms with E-state index < -0.39 is 5.92 Å². The molecule has 29 heavy (non-hydrogen) atoms. The van der Waals surface area contributed by atoms with Crippen LogP contribution < -0.4 is 0 Å². The highest BCUT2D eigenvalue weighted by molar-refractivity contribution is 6.02. The lowest BCUT2D eigenvalue weighted by atomic mass is 9.96. The van der Waals surface area contributed by atoms with E-state index in [0.717, 1.165) is 60.4 Å². The minimum Gasteiger partial charge on any atom is -0.290 e. The maximum atomic E-state index is 13.4. The average Bonchev–Trinajstić information content (AvgIpc) is 2.89. The van der Waals surface area contributed by atoms with E-state index in [1.807, 2.05) is 54.9 Å². The monoisotopic (exact) mass is 385 g/mol. The van der Waals surface area contributed by atoms with Crippen molar-refractivity contribution < 1.29 is 4.79 Å². The predicted octanol–water partition coefficient (Wildman–Crippen LogP) is 4.04. The predicted molar refractivity (Wildman–Crippen MR) is 109 cm³/mol. The number of nitrogens with zero attached hydrogens (tertiary/aromatic N) is 5. The standard InChI is InChI=1S/C23H23N5O/c1-15-13-16(2)26-23(25-15)19(14-24)22(29)21-18-11-7-4-8-12-20(18)28(27-21)17-9-5-3-6-10-17/h3,5-6,9-10,13,19H,4,7-8,11-12H2,1-2H3/t19-/m1/s1. The fourth-order valence-corrected chi connectivity index (χ4v) is 4.01. The topological polar surface area (TPSA) is 84.5 Å². The summed E-state index contributed by atoms with van der Waals surface area (Å²) >= 11 is 0. The van der Waals surface area contributed by atoms with Gasteiger partial charge in [0.15, 0.2) is 11.7 Å². The van der Waals surface area contributed by atoms with Crippen molar-refractivity contribution >= 4 is 5.78 Å². The van der Waals surface area contributed by atoms with E-state index in [1.165, 1.54) is 0 Å². The summed E-state index contributed by atoms with van der Waals surface area (Å²) in [6.45, 7) is 3.68. The van der Waals surface area contributed by atoms with Gasteiger partial charge in [-0.05, 0) is 57.7 Å². The number of carbonyl (C=O) groups excluding carboxylic acids is 1. The lowest BCUT2D eigenvalue weighted by Crippen LogP contribution is -2.17. The molecule has 0 aliphatic heterocycles. The van der Waals surface area contributed by atoms with Crippen LogP contribution >= 0.6 is 0 Å². The van der Waals surface area contributed by atoms with Gasteiger partial charge in [0.2, 0.25) is 5.78 Å². The minimum absolute atomic E-state index is 0.256. The minimum atomic E-state index is -1.06. The Kier molecular flexibility index (Phi) is 5.22. The van der Waals surface area contributed by atoms with Crippen LogP contribution in [0, 0.1) is 25.2 Å². The van der Waals surface area contributed by atoms with E-state index in [9.17, 15) is 10.1 Å². The second kappa shape index (κ2) is 7.96. The van der Waals surface area contributed by atoms with Gasteiger partial charge >= 0.3 is 0 Å². The molecule has 0 saturated carbocycles. The first-order valence-electron chi connectivity index (χ1n) is 10.0. The molecule has 0 bridgehead atoms. The Morgan fingerprint density at radius 2 is 1.76 bits per heavy atom. The van der Waals surface area contributed by atoms with Crippen LogP contribution in [0.1, 0.15) is 64.1 Å². The lowest BCUT2D eigenvalue weighted by Gasteiger charge is -2.08. The van der Waals surface area contributed by atoms with E-state index in [2.05, 4.69) is 16.0 Å². The van der Waals surface area contributed by atoms with Crippen LogP contribution in [0.15, 0.2) is 36.4 Å². The Balaban J connectivity index is 1.82. The highest BCUT2D eigenvalue weighted by Crippen LogP contribution is 2.29. The van der Waals surface area contributed by atoms with Gasteiger partial charge in [-0.25, -0.2) is 14.6 Å². The zero-order valence-electron chi connectivity index (χ0n) is 16.7. The Morgan fingerprint density at radius 1 is 1.07 bits per heavy atom. The zero-order chi connectivity index (χ0) is 20.4. The van der Waals surface area contributed by atoms with E-state index in [-0.39, 0.29) is 11.6 Å². The molecule has 0 fully saturated rings. The first kappa shape index (κ1) is 19.0. The van der Waals surface area contributed by atoms with Gasteiger partial charge in [0, 0.05) is 22.6 Å². The van der Waals surface area contributed by atoms with Crippen LogP contribution in [0.2, 0.25) is 0 Å². The molecular weight excluding hydrogens is 362 g/mol. The summed E-state index contributed by atoms with van der Waals surface area (Å²) in [6.07, 6.45) is 4.89. The molecule has 3 aromatic rings. The van der Waals surface area contributed by atoms with E-state index in [1.54, 1.807) is 0 Å². The van der Waals surface area contributed by atoms with Gasteiger partial charge in [0.1, 0.15) is 5.69 Å². The molecule has 0 spiro atoms. The number of rotatable bonds is 4. The van der Waals surface area contributed by atoms with Gasteiger partial charge in [0.25, 0.3) is 0 Å². The zero-order valence-corrected chi connectivity index (χ0v) is 16.7. The van der Waals surface area contributed by atoms with Crippen molar-refractivity contribution in [3.05, 3.63) is 70.6 Å². The molecule has 2 aromatic heterocycles. The maximum absolute atomic E-state index is 13.4. The number of hydrogen-bond acceptors (Lipinski definition) is 5. The molecule has 146 valence electrons. The van der Waals surface area contributed by atoms with Crippen LogP contribution in [0.5, 0.6) is 0 Å². The quantitative estimate of drug-likeness (QED) is 0.500. The number of aryl methyl sites for hydroxylation is 2. The summed E-state index contributed by atoms with van der Waals surface area (Å²) in [5.41, 5.74) is 4.86. The number of ketones is 1. The molecule has 1 aromatic carbocycles. The van der Waals surface area contributed by atoms with Crippen molar-refractivity contribution in [2.24, 2.45) is 0 Å². The second-order valence-electron chi connectivity index (χ2n) is 7.52. The molecule has 1 atom stereocenters. The van der Waals surface area contributed by atoms with E-state index in [4.69, 9.17) is 5.10 Å². The van der Waals surface area contributed by atoms with E-state index in [0.29, 0.717) is 5.69 Å². The third-order valence-corrected chi connectivity index (χ3v) is 5.31. The number of para-hydroxylation sites is 1. The molecule has 2 heterocycles. The maximum Gasteiger partial charge on any atom is 0.208 e. The van der Waals surface area contributed by atoms with Crippen LogP contribution in [0.25, 0.3) is 5.69 Å². The number of carbonyl (C=O) groups is 1. The molecule has 0 radical (unpaired) electrons. The number of hydrogen-bond donors (Lipinski definition) is 0. The Bertz CT molecular complexity index is 1070. The normalized spacial score (nSPS) is 14.5. The summed E-state index contributed by atoms with van der Waals surface area (Å²) in [5.74, 6) is -1.11. The first-order valence-corrected chi connectivity index (χ1v) is 10.0. The summed E-state index contributed by atoms with van der Waals surface area (Å²) in [4.78, 5) is 22.2. The fourth-order valence-electron chi connectivity index (χ4n) is 4.01. The molecular formula is C23H23N5O. The summed E-state index contributed by atoms with van der Waals surface area (Å²) in [6, 6.07) is 13.8. The molecule has 6 heteroatoms. The van der Waals surface area contributed by atoms with Crippen LogP contribution in [-0.4, -0.2) is 25.5 Å². The van der Waals surface area contributed by atoms with Crippen molar-refractivity contribution in [1.29, 1.82) is 5.26 Å². The van der Waals surface area contributed by atoms with Crippen molar-refractivity contribution in [2.45, 2.75) is 51.9 Å². The highest BCUT2D eigenvalue weighted by atomic mass is 16.1. The smallest absolute Gasteiger partial charge is 0.208 e. The summed E-state index contributed by atoms with van der Waals surface area (Å²) in [5, 5.41) is 14.5. The number of fused-ring (bicyclic) bond motifs is 1. The van der Waals surface area contributed by atoms with Crippen molar-refractivity contribution in [3.8, 4) is 11.8 Å². The molecule has 0 amide bonds. The largest absolute Gasteiger partial charge is 0.290 e. The van der Waals surface area contributed by atoms with Crippen LogP contribution in [0.3, 0.4) is 0 Å². The van der Waals surface area contributed by atoms with Gasteiger partial charge < -0.3 is 0 Å². The van der Waals surface area contributed by atoms with Gasteiger partial charge in [0.05, 0.1) is 11.8 Å². The third kappa shape index (κ3) is 3.68. The SMILES string of the molecule is Cc1cc(C)nc([C@H](C#N)C(=O)c2nn(-c3ccccc3)c3c2CCCCC3)n1. The molecule has 0 saturated heterocycles. The van der Waals surface area contributed by atoms with Crippen LogP contribution in [-0.2, 0) is 12.8 Å². The number of Topliss-reactive ketones (excluding diaryl/α,β-unsaturated/α-hetero) is 1. The van der Waals surface area contributed by atoms with Crippen molar-refractivity contribution in [3.63, 3.8) is 0 Å². The van der Waals surface area contributed by atoms with Gasteiger partial charge in [-0.2, -0.15) is 10.4 Å². The number of nitriles is 1. The first-order chi connectivity index (χ1) is 14.1. The molecule has 0 unspecified atom stereocenters. The molecule has 0 N–H and O–H groups in total. The van der Waals surface area contributed by atoms with Gasteiger partial charge in [-0.3, -0.25) is 4.79 Å². The molecule has 1 aliphatic carbocycles. The Hall–Kier alpha value is -3.33. The summed E-state index contributed by atoms with van der Waals surface area (Å²) in [7, 11) is 0. The van der Waals surface area contributed by atoms with Crippen molar-refractivity contribution in [2.75, 3.05) is 0 Å². The van der Waals surface area contributed by atoms with Gasteiger partial charge in [-0.1, -0.05) is 24.6 Å². The van der Waals surface area contributed by atoms with E-state index >= 15 is 0 Å². The lowest BCUT2D eigenvalue weighted by molar-refractivity contribution is 0.0970. The second-order valence-corrected chi connectivity index (χ2v) is 7.52. The molecule has 4 rings (SSSR count). The molecule has 1 aliphatic rings. The Morgan fingerprint density at radius 3 is 2.45 bits per heavy atom. The molecule has 6 nitrogen and oxygen atoms in total. The van der Waals surface area contributed by atoms with Crippen molar-refractivity contribution in [1.82, 2.24) is 19.7 Å². The number of aromatic nitrogens is 4. The fraction of sp³-hybridized carbons (Fsp3) is 0.348. The van der Waals surface area contributed by atoms with Crippen LogP contribution in [0.4, 0.5) is 0 Å². The van der Waals surface area contributed by atoms with Gasteiger partial charge in [-0.15, -0.1) is 0 Å². The Labute approximate surface area is 170 Å². The summed E-state index contributed by atoms with van der Waals surface area (Å²) < 4.78 is 1.88. The average molecular weight is 385 g/mol.